The lowest BCUT2D eigenvalue weighted by Gasteiger charge is -2.16. The van der Waals surface area contributed by atoms with Crippen molar-refractivity contribution in [1.82, 2.24) is 10.3 Å². The lowest BCUT2D eigenvalue weighted by molar-refractivity contribution is 0.0938. The number of aromatic nitrogens is 1. The van der Waals surface area contributed by atoms with Gasteiger partial charge in [0.2, 0.25) is 0 Å². The molecule has 6 heteroatoms. The average Bonchev–Trinajstić information content (AvgIpc) is 2.54. The number of H-pyrrole nitrogens is 1. The molecule has 1 atom stereocenters. The van der Waals surface area contributed by atoms with Crippen LogP contribution in [0.15, 0.2) is 41.3 Å². The molecule has 116 valence electrons. The summed E-state index contributed by atoms with van der Waals surface area (Å²) in [6.45, 7) is 1.83. The number of pyridine rings is 1. The van der Waals surface area contributed by atoms with Crippen molar-refractivity contribution in [1.29, 1.82) is 0 Å². The summed E-state index contributed by atoms with van der Waals surface area (Å²) in [5.41, 5.74) is 0.507. The number of methoxy groups -OCH3 is 2. The number of carbonyl (C=O) groups excluding carboxylic acids is 1. The van der Waals surface area contributed by atoms with Crippen LogP contribution in [-0.2, 0) is 0 Å². The third-order valence-electron chi connectivity index (χ3n) is 3.32. The predicted molar refractivity (Wildman–Crippen MR) is 82.5 cm³/mol. The summed E-state index contributed by atoms with van der Waals surface area (Å²) in [5, 5.41) is 2.79. The van der Waals surface area contributed by atoms with Crippen LogP contribution < -0.4 is 20.3 Å². The average molecular weight is 302 g/mol. The zero-order valence-corrected chi connectivity index (χ0v) is 12.7. The van der Waals surface area contributed by atoms with Gasteiger partial charge in [0.15, 0.2) is 11.5 Å². The van der Waals surface area contributed by atoms with E-state index in [1.54, 1.807) is 32.4 Å². The number of nitrogens with one attached hydrogen (secondary N) is 2. The molecule has 2 N–H and O–H groups in total. The van der Waals surface area contributed by atoms with Crippen molar-refractivity contribution in [3.63, 3.8) is 0 Å². The van der Waals surface area contributed by atoms with Crippen LogP contribution in [0.2, 0.25) is 0 Å². The van der Waals surface area contributed by atoms with Crippen molar-refractivity contribution in [3.8, 4) is 11.5 Å². The van der Waals surface area contributed by atoms with E-state index in [2.05, 4.69) is 10.3 Å². The van der Waals surface area contributed by atoms with Crippen LogP contribution in [0.1, 0.15) is 28.9 Å². The summed E-state index contributed by atoms with van der Waals surface area (Å²) in [4.78, 5) is 26.2. The van der Waals surface area contributed by atoms with Gasteiger partial charge in [0.05, 0.1) is 20.3 Å². The molecule has 0 spiro atoms. The summed E-state index contributed by atoms with van der Waals surface area (Å²) in [6, 6.07) is 8.20. The van der Waals surface area contributed by atoms with Crippen molar-refractivity contribution in [2.75, 3.05) is 14.2 Å². The fourth-order valence-corrected chi connectivity index (χ4v) is 2.08. The van der Waals surface area contributed by atoms with Crippen LogP contribution in [-0.4, -0.2) is 25.1 Å². The van der Waals surface area contributed by atoms with Gasteiger partial charge < -0.3 is 19.8 Å². The van der Waals surface area contributed by atoms with E-state index in [1.165, 1.54) is 12.3 Å². The van der Waals surface area contributed by atoms with Crippen LogP contribution >= 0.6 is 0 Å². The van der Waals surface area contributed by atoms with Crippen molar-refractivity contribution in [2.45, 2.75) is 13.0 Å². The Morgan fingerprint density at radius 3 is 2.55 bits per heavy atom. The van der Waals surface area contributed by atoms with E-state index < -0.39 is 11.5 Å². The SMILES string of the molecule is COc1ccc([C@H](C)NC(=O)c2ccc[nH]c2=O)cc1OC. The first-order chi connectivity index (χ1) is 10.6. The minimum Gasteiger partial charge on any atom is -0.493 e. The number of aromatic amines is 1. The molecule has 2 rings (SSSR count). The molecule has 0 aliphatic heterocycles. The van der Waals surface area contributed by atoms with E-state index in [9.17, 15) is 9.59 Å². The highest BCUT2D eigenvalue weighted by atomic mass is 16.5. The number of hydrogen-bond donors (Lipinski definition) is 2. The summed E-state index contributed by atoms with van der Waals surface area (Å²) in [6.07, 6.45) is 1.48. The second-order valence-corrected chi connectivity index (χ2v) is 4.72. The quantitative estimate of drug-likeness (QED) is 0.883. The van der Waals surface area contributed by atoms with Gasteiger partial charge in [-0.25, -0.2) is 0 Å². The third-order valence-corrected chi connectivity index (χ3v) is 3.32. The Kier molecular flexibility index (Phi) is 4.83. The van der Waals surface area contributed by atoms with E-state index in [0.717, 1.165) is 5.56 Å². The van der Waals surface area contributed by atoms with E-state index in [4.69, 9.17) is 9.47 Å². The monoisotopic (exact) mass is 302 g/mol. The lowest BCUT2D eigenvalue weighted by atomic mass is 10.1. The molecule has 0 aliphatic rings. The molecule has 0 saturated heterocycles. The Balaban J connectivity index is 2.19. The zero-order valence-electron chi connectivity index (χ0n) is 12.7. The minimum absolute atomic E-state index is 0.0785. The van der Waals surface area contributed by atoms with Gasteiger partial charge >= 0.3 is 0 Å². The second-order valence-electron chi connectivity index (χ2n) is 4.72. The molecule has 22 heavy (non-hydrogen) atoms. The first-order valence-electron chi connectivity index (χ1n) is 6.77. The van der Waals surface area contributed by atoms with E-state index in [0.29, 0.717) is 11.5 Å². The molecule has 1 aromatic carbocycles. The minimum atomic E-state index is -0.427. The standard InChI is InChI=1S/C16H18N2O4/c1-10(11-6-7-13(21-2)14(9-11)22-3)18-16(20)12-5-4-8-17-15(12)19/h4-10H,1-3H3,(H,17,19)(H,18,20)/t10-/m0/s1. The second kappa shape index (κ2) is 6.80. The molecule has 1 aromatic heterocycles. The van der Waals surface area contributed by atoms with E-state index >= 15 is 0 Å². The molecule has 0 aliphatic carbocycles. The zero-order chi connectivity index (χ0) is 16.1. The van der Waals surface area contributed by atoms with E-state index in [-0.39, 0.29) is 11.6 Å². The molecular formula is C16H18N2O4. The molecule has 1 heterocycles. The van der Waals surface area contributed by atoms with Crippen LogP contribution in [0.4, 0.5) is 0 Å². The first kappa shape index (κ1) is 15.6. The molecule has 0 unspecified atom stereocenters. The Morgan fingerprint density at radius 2 is 1.91 bits per heavy atom. The highest BCUT2D eigenvalue weighted by molar-refractivity contribution is 5.94. The molecular weight excluding hydrogens is 284 g/mol. The van der Waals surface area contributed by atoms with Crippen LogP contribution in [0.3, 0.4) is 0 Å². The van der Waals surface area contributed by atoms with Crippen LogP contribution in [0, 0.1) is 0 Å². The third kappa shape index (κ3) is 3.28. The number of carbonyl (C=O) groups is 1. The number of benzene rings is 1. The molecule has 0 saturated carbocycles. The van der Waals surface area contributed by atoms with Gasteiger partial charge in [-0.2, -0.15) is 0 Å². The van der Waals surface area contributed by atoms with Gasteiger partial charge in [0.1, 0.15) is 5.56 Å². The van der Waals surface area contributed by atoms with Gasteiger partial charge in [-0.3, -0.25) is 9.59 Å². The number of rotatable bonds is 5. The normalized spacial score (nSPS) is 11.6. The largest absolute Gasteiger partial charge is 0.493 e. The summed E-state index contributed by atoms with van der Waals surface area (Å²) >= 11 is 0. The Morgan fingerprint density at radius 1 is 1.18 bits per heavy atom. The Bertz CT molecular complexity index is 724. The lowest BCUT2D eigenvalue weighted by Crippen LogP contribution is -2.31. The summed E-state index contributed by atoms with van der Waals surface area (Å²) < 4.78 is 10.4. The summed E-state index contributed by atoms with van der Waals surface area (Å²) in [5.74, 6) is 0.770. The molecule has 2 aromatic rings. The maximum atomic E-state index is 12.1. The number of amides is 1. The highest BCUT2D eigenvalue weighted by Gasteiger charge is 2.15. The smallest absolute Gasteiger partial charge is 0.260 e. The van der Waals surface area contributed by atoms with Crippen molar-refractivity contribution < 1.29 is 14.3 Å². The molecule has 6 nitrogen and oxygen atoms in total. The molecule has 1 amide bonds. The maximum Gasteiger partial charge on any atom is 0.260 e. The van der Waals surface area contributed by atoms with Crippen LogP contribution in [0.5, 0.6) is 11.5 Å². The predicted octanol–water partition coefficient (Wildman–Crippen LogP) is 1.88. The van der Waals surface area contributed by atoms with Crippen molar-refractivity contribution in [3.05, 3.63) is 58.0 Å². The van der Waals surface area contributed by atoms with Gasteiger partial charge in [0.25, 0.3) is 11.5 Å². The molecule has 0 bridgehead atoms. The molecule has 0 radical (unpaired) electrons. The van der Waals surface area contributed by atoms with Gasteiger partial charge in [-0.15, -0.1) is 0 Å². The van der Waals surface area contributed by atoms with Gasteiger partial charge in [0, 0.05) is 6.20 Å². The summed E-state index contributed by atoms with van der Waals surface area (Å²) in [7, 11) is 3.11. The Hall–Kier alpha value is -2.76. The Labute approximate surface area is 128 Å². The maximum absolute atomic E-state index is 12.1. The van der Waals surface area contributed by atoms with E-state index in [1.807, 2.05) is 13.0 Å². The topological polar surface area (TPSA) is 80.4 Å². The van der Waals surface area contributed by atoms with Crippen molar-refractivity contribution in [2.24, 2.45) is 0 Å². The van der Waals surface area contributed by atoms with Crippen LogP contribution in [0.25, 0.3) is 0 Å². The van der Waals surface area contributed by atoms with Gasteiger partial charge in [-0.1, -0.05) is 6.07 Å². The fourth-order valence-electron chi connectivity index (χ4n) is 2.08. The fraction of sp³-hybridized carbons (Fsp3) is 0.250. The van der Waals surface area contributed by atoms with Crippen molar-refractivity contribution >= 4 is 5.91 Å². The first-order valence-corrected chi connectivity index (χ1v) is 6.77. The number of ether oxygens (including phenoxy) is 2. The highest BCUT2D eigenvalue weighted by Crippen LogP contribution is 2.29. The van der Waals surface area contributed by atoms with Gasteiger partial charge in [-0.05, 0) is 36.8 Å². The number of hydrogen-bond acceptors (Lipinski definition) is 4. The molecule has 0 fully saturated rings.